The number of likely N-dealkylation sites (N-methyl/N-ethyl adjacent to an activating group) is 1. The molecule has 0 saturated heterocycles. The van der Waals surface area contributed by atoms with Gasteiger partial charge < -0.3 is 14.8 Å². The number of nitrogens with zero attached hydrogens (tertiary/aromatic N) is 2. The molecule has 0 bridgehead atoms. The van der Waals surface area contributed by atoms with E-state index >= 15 is 0 Å². The largest absolute Gasteiger partial charge is 0.377 e. The summed E-state index contributed by atoms with van der Waals surface area (Å²) in [6.07, 6.45) is 6.19. The van der Waals surface area contributed by atoms with Crippen LogP contribution < -0.4 is 0 Å². The Morgan fingerprint density at radius 3 is 2.50 bits per heavy atom. The third kappa shape index (κ3) is 2.92. The van der Waals surface area contributed by atoms with Crippen LogP contribution >= 0.6 is 0 Å². The average Bonchev–Trinajstić information content (AvgIpc) is 2.56. The van der Waals surface area contributed by atoms with E-state index in [4.69, 9.17) is 0 Å². The van der Waals surface area contributed by atoms with E-state index in [-0.39, 0.29) is 0 Å². The van der Waals surface area contributed by atoms with E-state index in [1.807, 2.05) is 12.4 Å². The lowest BCUT2D eigenvalue weighted by molar-refractivity contribution is 0.453. The van der Waals surface area contributed by atoms with Crippen LogP contribution in [0, 0.1) is 0 Å². The van der Waals surface area contributed by atoms with Crippen LogP contribution in [-0.4, -0.2) is 49.5 Å². The highest BCUT2D eigenvalue weighted by Crippen LogP contribution is 2.15. The Kier molecular flexibility index (Phi) is 3.77. The molecule has 0 amide bonds. The fraction of sp³-hybridized carbons (Fsp3) is 0.455. The lowest BCUT2D eigenvalue weighted by atomic mass is 10.2. The van der Waals surface area contributed by atoms with Crippen LogP contribution in [0.3, 0.4) is 0 Å². The van der Waals surface area contributed by atoms with Crippen molar-refractivity contribution in [2.24, 2.45) is 0 Å². The first kappa shape index (κ1) is 10.9. The quantitative estimate of drug-likeness (QED) is 0.782. The fourth-order valence-corrected chi connectivity index (χ4v) is 1.31. The number of rotatable bonds is 4. The molecule has 0 spiro atoms. The van der Waals surface area contributed by atoms with Crippen LogP contribution in [0.4, 0.5) is 0 Å². The van der Waals surface area contributed by atoms with Crippen molar-refractivity contribution in [3.63, 3.8) is 0 Å². The van der Waals surface area contributed by atoms with Gasteiger partial charge in [0.25, 0.3) is 0 Å². The minimum atomic E-state index is 0.957. The molecule has 0 saturated carbocycles. The van der Waals surface area contributed by atoms with Crippen molar-refractivity contribution >= 4 is 5.70 Å². The number of H-pyrrole nitrogens is 1. The van der Waals surface area contributed by atoms with Crippen molar-refractivity contribution in [1.82, 2.24) is 14.8 Å². The third-order valence-corrected chi connectivity index (χ3v) is 2.03. The summed E-state index contributed by atoms with van der Waals surface area (Å²) in [6.45, 7) is 0.957. The zero-order valence-electron chi connectivity index (χ0n) is 9.41. The molecule has 0 radical (unpaired) electrons. The van der Waals surface area contributed by atoms with Gasteiger partial charge in [0.15, 0.2) is 0 Å². The molecule has 14 heavy (non-hydrogen) atoms. The Hall–Kier alpha value is -1.22. The summed E-state index contributed by atoms with van der Waals surface area (Å²) >= 11 is 0. The summed E-state index contributed by atoms with van der Waals surface area (Å²) in [7, 11) is 8.27. The van der Waals surface area contributed by atoms with Crippen molar-refractivity contribution in [1.29, 1.82) is 0 Å². The summed E-state index contributed by atoms with van der Waals surface area (Å²) in [5, 5.41) is 0. The summed E-state index contributed by atoms with van der Waals surface area (Å²) in [6, 6.07) is 2.08. The van der Waals surface area contributed by atoms with Gasteiger partial charge in [-0.15, -0.1) is 0 Å². The Bertz CT molecular complexity index is 283. The first-order chi connectivity index (χ1) is 6.61. The van der Waals surface area contributed by atoms with Crippen LogP contribution in [0.5, 0.6) is 0 Å². The Morgan fingerprint density at radius 1 is 1.36 bits per heavy atom. The molecule has 1 aromatic heterocycles. The van der Waals surface area contributed by atoms with Crippen molar-refractivity contribution in [2.75, 3.05) is 34.7 Å². The molecule has 0 aliphatic rings. The monoisotopic (exact) mass is 193 g/mol. The minimum Gasteiger partial charge on any atom is -0.377 e. The van der Waals surface area contributed by atoms with Gasteiger partial charge in [0.05, 0.1) is 0 Å². The van der Waals surface area contributed by atoms with Crippen molar-refractivity contribution in [3.8, 4) is 0 Å². The second-order valence-corrected chi connectivity index (χ2v) is 3.85. The number of nitrogens with one attached hydrogen (secondary N) is 1. The summed E-state index contributed by atoms with van der Waals surface area (Å²) < 4.78 is 0. The Balaban J connectivity index is 2.80. The van der Waals surface area contributed by atoms with E-state index in [0.29, 0.717) is 0 Å². The van der Waals surface area contributed by atoms with Crippen molar-refractivity contribution < 1.29 is 0 Å². The molecule has 1 aromatic rings. The first-order valence-electron chi connectivity index (χ1n) is 4.76. The summed E-state index contributed by atoms with van der Waals surface area (Å²) in [5.74, 6) is 0. The van der Waals surface area contributed by atoms with Crippen LogP contribution in [0.25, 0.3) is 5.70 Å². The molecule has 1 heterocycles. The van der Waals surface area contributed by atoms with Gasteiger partial charge in [0, 0.05) is 44.3 Å². The summed E-state index contributed by atoms with van der Waals surface area (Å²) in [5.41, 5.74) is 2.48. The minimum absolute atomic E-state index is 0.957. The van der Waals surface area contributed by atoms with E-state index in [9.17, 15) is 0 Å². The average molecular weight is 193 g/mol. The van der Waals surface area contributed by atoms with Crippen molar-refractivity contribution in [3.05, 3.63) is 30.1 Å². The highest BCUT2D eigenvalue weighted by molar-refractivity contribution is 5.63. The number of aromatic nitrogens is 1. The Morgan fingerprint density at radius 2 is 2.07 bits per heavy atom. The zero-order chi connectivity index (χ0) is 10.6. The van der Waals surface area contributed by atoms with E-state index < -0.39 is 0 Å². The molecule has 78 valence electrons. The molecule has 0 fully saturated rings. The zero-order valence-corrected chi connectivity index (χ0v) is 9.41. The maximum atomic E-state index is 3.07. The van der Waals surface area contributed by atoms with Gasteiger partial charge >= 0.3 is 0 Å². The highest BCUT2D eigenvalue weighted by atomic mass is 15.1. The second kappa shape index (κ2) is 4.86. The predicted octanol–water partition coefficient (Wildman–Crippen LogP) is 1.48. The predicted molar refractivity (Wildman–Crippen MR) is 61.0 cm³/mol. The lowest BCUT2D eigenvalue weighted by Gasteiger charge is -2.17. The van der Waals surface area contributed by atoms with E-state index in [1.165, 1.54) is 11.3 Å². The molecule has 1 N–H and O–H groups in total. The molecule has 0 aliphatic carbocycles. The van der Waals surface area contributed by atoms with Gasteiger partial charge in [0.1, 0.15) is 0 Å². The molecule has 1 rings (SSSR count). The molecule has 3 heteroatoms. The van der Waals surface area contributed by atoms with Gasteiger partial charge in [-0.05, 0) is 26.2 Å². The van der Waals surface area contributed by atoms with Gasteiger partial charge in [-0.3, -0.25) is 0 Å². The van der Waals surface area contributed by atoms with Crippen molar-refractivity contribution in [2.45, 2.75) is 0 Å². The standard InChI is InChI=1S/C11H19N3/c1-13(2)8-6-11(14(3)4)10-5-7-12-9-10/h5-7,9,12H,8H2,1-4H3/b11-6-. The van der Waals surface area contributed by atoms with Gasteiger partial charge in [0.2, 0.25) is 0 Å². The normalized spacial score (nSPS) is 12.2. The topological polar surface area (TPSA) is 22.3 Å². The Labute approximate surface area is 86.0 Å². The molecule has 0 aliphatic heterocycles. The van der Waals surface area contributed by atoms with Crippen LogP contribution in [0.2, 0.25) is 0 Å². The molecule has 0 atom stereocenters. The maximum Gasteiger partial charge on any atom is 0.0422 e. The number of hydrogen-bond acceptors (Lipinski definition) is 2. The number of aromatic amines is 1. The SMILES string of the molecule is CN(C)C/C=C(/c1cc[nH]c1)N(C)C. The third-order valence-electron chi connectivity index (χ3n) is 2.03. The van der Waals surface area contributed by atoms with E-state index in [1.54, 1.807) is 0 Å². The smallest absolute Gasteiger partial charge is 0.0422 e. The van der Waals surface area contributed by atoms with E-state index in [2.05, 4.69) is 55.1 Å². The van der Waals surface area contributed by atoms with Gasteiger partial charge in [-0.25, -0.2) is 0 Å². The van der Waals surface area contributed by atoms with Crippen LogP contribution in [0.1, 0.15) is 5.56 Å². The van der Waals surface area contributed by atoms with Gasteiger partial charge in [-0.2, -0.15) is 0 Å². The first-order valence-corrected chi connectivity index (χ1v) is 4.76. The van der Waals surface area contributed by atoms with Gasteiger partial charge in [-0.1, -0.05) is 0 Å². The molecular formula is C11H19N3. The van der Waals surface area contributed by atoms with Crippen LogP contribution in [-0.2, 0) is 0 Å². The second-order valence-electron chi connectivity index (χ2n) is 3.85. The molecular weight excluding hydrogens is 174 g/mol. The maximum absolute atomic E-state index is 3.07. The molecule has 0 aromatic carbocycles. The summed E-state index contributed by atoms with van der Waals surface area (Å²) in [4.78, 5) is 7.35. The van der Waals surface area contributed by atoms with E-state index in [0.717, 1.165) is 6.54 Å². The molecule has 3 nitrogen and oxygen atoms in total. The fourth-order valence-electron chi connectivity index (χ4n) is 1.31. The lowest BCUT2D eigenvalue weighted by Crippen LogP contribution is -2.15. The molecule has 0 unspecified atom stereocenters. The highest BCUT2D eigenvalue weighted by Gasteiger charge is 2.03. The van der Waals surface area contributed by atoms with Crippen LogP contribution in [0.15, 0.2) is 24.5 Å². The number of hydrogen-bond donors (Lipinski definition) is 1.